The highest BCUT2D eigenvalue weighted by molar-refractivity contribution is 7.89. The van der Waals surface area contributed by atoms with E-state index in [4.69, 9.17) is 11.6 Å². The maximum absolute atomic E-state index is 12.2. The minimum atomic E-state index is -3.63. The van der Waals surface area contributed by atoms with Crippen molar-refractivity contribution in [3.63, 3.8) is 0 Å². The lowest BCUT2D eigenvalue weighted by Crippen LogP contribution is -2.23. The third-order valence-electron chi connectivity index (χ3n) is 2.88. The number of aryl methyl sites for hydroxylation is 1. The smallest absolute Gasteiger partial charge is 0.242 e. The second kappa shape index (κ2) is 6.74. The van der Waals surface area contributed by atoms with Crippen LogP contribution in [0.2, 0.25) is 5.02 Å². The van der Waals surface area contributed by atoms with Gasteiger partial charge in [0.2, 0.25) is 10.0 Å². The number of aromatic nitrogens is 1. The Kier molecular flexibility index (Phi) is 5.21. The Morgan fingerprint density at radius 2 is 2.14 bits per heavy atom. The van der Waals surface area contributed by atoms with Gasteiger partial charge in [0.05, 0.1) is 5.02 Å². The second-order valence-electron chi connectivity index (χ2n) is 4.44. The van der Waals surface area contributed by atoms with Gasteiger partial charge in [-0.15, -0.1) is 0 Å². The van der Waals surface area contributed by atoms with E-state index in [2.05, 4.69) is 15.0 Å². The maximum atomic E-state index is 12.2. The largest absolute Gasteiger partial charge is 0.369 e. The summed E-state index contributed by atoms with van der Waals surface area (Å²) in [5, 5.41) is 7.15. The number of nitrogens with one attached hydrogen (secondary N) is 2. The number of hydrogen-bond acceptors (Lipinski definition) is 5. The van der Waals surface area contributed by atoms with Crippen molar-refractivity contribution in [3.05, 3.63) is 39.2 Å². The normalized spacial score (nSPS) is 11.6. The summed E-state index contributed by atoms with van der Waals surface area (Å²) in [5.41, 5.74) is 2.04. The fourth-order valence-corrected chi connectivity index (χ4v) is 3.82. The van der Waals surface area contributed by atoms with Crippen LogP contribution in [0.5, 0.6) is 0 Å². The van der Waals surface area contributed by atoms with Gasteiger partial charge in [0, 0.05) is 19.3 Å². The van der Waals surface area contributed by atoms with Crippen LogP contribution in [0.25, 0.3) is 0 Å². The topological polar surface area (TPSA) is 71.1 Å². The lowest BCUT2D eigenvalue weighted by Gasteiger charge is -2.09. The number of rotatable bonds is 6. The van der Waals surface area contributed by atoms with Crippen molar-refractivity contribution < 1.29 is 8.42 Å². The van der Waals surface area contributed by atoms with Crippen LogP contribution in [0.4, 0.5) is 5.82 Å². The standard InChI is InChI=1S/C13H16ClN3O2S2/c1-3-15-13-12(14)4-11(6-16-13)21(18,19)17-5-10-8-20-7-9(10)2/h4,6-8,17H,3,5H2,1-2H3,(H,15,16). The summed E-state index contributed by atoms with van der Waals surface area (Å²) in [6, 6.07) is 1.40. The Balaban J connectivity index is 2.16. The number of anilines is 1. The van der Waals surface area contributed by atoms with Gasteiger partial charge in [-0.2, -0.15) is 11.3 Å². The van der Waals surface area contributed by atoms with Crippen molar-refractivity contribution in [1.82, 2.24) is 9.71 Å². The summed E-state index contributed by atoms with van der Waals surface area (Å²) in [7, 11) is -3.63. The minimum absolute atomic E-state index is 0.0574. The fourth-order valence-electron chi connectivity index (χ4n) is 1.69. The van der Waals surface area contributed by atoms with E-state index in [0.717, 1.165) is 11.1 Å². The van der Waals surface area contributed by atoms with Gasteiger partial charge in [0.15, 0.2) is 0 Å². The van der Waals surface area contributed by atoms with E-state index in [1.807, 2.05) is 24.6 Å². The van der Waals surface area contributed by atoms with Crippen LogP contribution < -0.4 is 10.0 Å². The lowest BCUT2D eigenvalue weighted by atomic mass is 10.2. The van der Waals surface area contributed by atoms with Crippen LogP contribution >= 0.6 is 22.9 Å². The molecule has 2 rings (SSSR count). The third-order valence-corrected chi connectivity index (χ3v) is 5.45. The molecule has 2 N–H and O–H groups in total. The van der Waals surface area contributed by atoms with Gasteiger partial charge in [0.25, 0.3) is 0 Å². The molecule has 2 aromatic heterocycles. The van der Waals surface area contributed by atoms with Crippen molar-refractivity contribution in [2.75, 3.05) is 11.9 Å². The van der Waals surface area contributed by atoms with Gasteiger partial charge < -0.3 is 5.32 Å². The highest BCUT2D eigenvalue weighted by atomic mass is 35.5. The van der Waals surface area contributed by atoms with Crippen LogP contribution in [0.1, 0.15) is 18.1 Å². The molecule has 0 aliphatic heterocycles. The molecule has 0 unspecified atom stereocenters. The molecular weight excluding hydrogens is 330 g/mol. The summed E-state index contributed by atoms with van der Waals surface area (Å²) in [4.78, 5) is 4.09. The van der Waals surface area contributed by atoms with E-state index in [9.17, 15) is 8.42 Å². The molecule has 2 aromatic rings. The molecule has 0 radical (unpaired) electrons. The van der Waals surface area contributed by atoms with E-state index in [0.29, 0.717) is 12.4 Å². The molecule has 0 fully saturated rings. The van der Waals surface area contributed by atoms with Crippen molar-refractivity contribution in [3.8, 4) is 0 Å². The monoisotopic (exact) mass is 345 g/mol. The van der Waals surface area contributed by atoms with Crippen LogP contribution in [-0.2, 0) is 16.6 Å². The zero-order valence-corrected chi connectivity index (χ0v) is 14.1. The molecule has 21 heavy (non-hydrogen) atoms. The summed E-state index contributed by atoms with van der Waals surface area (Å²) in [6.45, 7) is 4.77. The number of nitrogens with zero attached hydrogens (tertiary/aromatic N) is 1. The van der Waals surface area contributed by atoms with Crippen LogP contribution in [0, 0.1) is 6.92 Å². The van der Waals surface area contributed by atoms with Gasteiger partial charge in [-0.25, -0.2) is 18.1 Å². The fraction of sp³-hybridized carbons (Fsp3) is 0.308. The van der Waals surface area contributed by atoms with Crippen molar-refractivity contribution in [1.29, 1.82) is 0 Å². The first kappa shape index (κ1) is 16.2. The second-order valence-corrected chi connectivity index (χ2v) is 7.35. The van der Waals surface area contributed by atoms with Crippen LogP contribution in [0.3, 0.4) is 0 Å². The van der Waals surface area contributed by atoms with E-state index in [-0.39, 0.29) is 16.5 Å². The summed E-state index contributed by atoms with van der Waals surface area (Å²) >= 11 is 7.57. The molecule has 114 valence electrons. The number of thiophene rings is 1. The highest BCUT2D eigenvalue weighted by Gasteiger charge is 2.16. The average Bonchev–Trinajstić information content (AvgIpc) is 2.84. The zero-order chi connectivity index (χ0) is 15.5. The average molecular weight is 346 g/mol. The number of hydrogen-bond donors (Lipinski definition) is 2. The molecule has 8 heteroatoms. The third kappa shape index (κ3) is 3.94. The van der Waals surface area contributed by atoms with E-state index < -0.39 is 10.0 Å². The number of sulfonamides is 1. The first-order valence-electron chi connectivity index (χ1n) is 6.34. The van der Waals surface area contributed by atoms with Crippen molar-refractivity contribution in [2.45, 2.75) is 25.3 Å². The van der Waals surface area contributed by atoms with Crippen LogP contribution in [-0.4, -0.2) is 19.9 Å². The number of halogens is 1. The van der Waals surface area contributed by atoms with E-state index in [1.165, 1.54) is 12.3 Å². The van der Waals surface area contributed by atoms with E-state index >= 15 is 0 Å². The molecule has 0 spiro atoms. The van der Waals surface area contributed by atoms with Gasteiger partial charge in [0.1, 0.15) is 10.7 Å². The van der Waals surface area contributed by atoms with Gasteiger partial charge in [-0.05, 0) is 41.8 Å². The molecule has 0 saturated carbocycles. The zero-order valence-electron chi connectivity index (χ0n) is 11.7. The molecule has 0 aliphatic rings. The molecule has 0 amide bonds. The molecule has 0 aromatic carbocycles. The van der Waals surface area contributed by atoms with Crippen LogP contribution in [0.15, 0.2) is 27.9 Å². The molecule has 0 atom stereocenters. The SMILES string of the molecule is CCNc1ncc(S(=O)(=O)NCc2cscc2C)cc1Cl. The molecule has 0 aliphatic carbocycles. The molecule has 0 bridgehead atoms. The Morgan fingerprint density at radius 1 is 1.38 bits per heavy atom. The predicted octanol–water partition coefficient (Wildman–Crippen LogP) is 3.02. The van der Waals surface area contributed by atoms with Gasteiger partial charge >= 0.3 is 0 Å². The summed E-state index contributed by atoms with van der Waals surface area (Å²) < 4.78 is 27.0. The van der Waals surface area contributed by atoms with Crippen molar-refractivity contribution in [2.24, 2.45) is 0 Å². The lowest BCUT2D eigenvalue weighted by molar-refractivity contribution is 0.581. The molecule has 5 nitrogen and oxygen atoms in total. The van der Waals surface area contributed by atoms with E-state index in [1.54, 1.807) is 11.3 Å². The Hall–Kier alpha value is -1.15. The highest BCUT2D eigenvalue weighted by Crippen LogP contribution is 2.22. The quantitative estimate of drug-likeness (QED) is 0.844. The summed E-state index contributed by atoms with van der Waals surface area (Å²) in [6.07, 6.45) is 1.30. The summed E-state index contributed by atoms with van der Waals surface area (Å²) in [5.74, 6) is 0.479. The number of pyridine rings is 1. The Morgan fingerprint density at radius 3 is 2.71 bits per heavy atom. The molecule has 2 heterocycles. The Bertz CT molecular complexity index is 729. The predicted molar refractivity (Wildman–Crippen MR) is 86.5 cm³/mol. The minimum Gasteiger partial charge on any atom is -0.369 e. The maximum Gasteiger partial charge on any atom is 0.242 e. The van der Waals surface area contributed by atoms with Crippen molar-refractivity contribution >= 4 is 38.8 Å². The molecule has 0 saturated heterocycles. The van der Waals surface area contributed by atoms with Gasteiger partial charge in [-0.1, -0.05) is 11.6 Å². The molecular formula is C13H16ClN3O2S2. The first-order valence-corrected chi connectivity index (χ1v) is 9.15. The van der Waals surface area contributed by atoms with Gasteiger partial charge in [-0.3, -0.25) is 0 Å². The first-order chi connectivity index (χ1) is 9.94. The Labute approximate surface area is 133 Å².